The Bertz CT molecular complexity index is 953. The van der Waals surface area contributed by atoms with E-state index in [0.29, 0.717) is 10.9 Å². The zero-order valence-corrected chi connectivity index (χ0v) is 14.8. The van der Waals surface area contributed by atoms with Crippen LogP contribution >= 0.6 is 0 Å². The Morgan fingerprint density at radius 2 is 1.81 bits per heavy atom. The number of ether oxygens (including phenoxy) is 1. The third-order valence-electron chi connectivity index (χ3n) is 4.58. The minimum absolute atomic E-state index is 0.115. The number of carbonyl (C=O) groups excluding carboxylic acids is 1. The van der Waals surface area contributed by atoms with Gasteiger partial charge in [0.25, 0.3) is 5.56 Å². The first-order valence-electron chi connectivity index (χ1n) is 8.66. The van der Waals surface area contributed by atoms with Crippen molar-refractivity contribution in [3.63, 3.8) is 0 Å². The molecule has 0 aliphatic heterocycles. The quantitative estimate of drug-likeness (QED) is 0.638. The van der Waals surface area contributed by atoms with Crippen LogP contribution in [0, 0.1) is 5.92 Å². The highest BCUT2D eigenvalue weighted by Crippen LogP contribution is 2.28. The number of fused-ring (bicyclic) bond motifs is 1. The summed E-state index contributed by atoms with van der Waals surface area (Å²) in [6.07, 6.45) is 0.838. The van der Waals surface area contributed by atoms with E-state index in [4.69, 9.17) is 4.74 Å². The second-order valence-corrected chi connectivity index (χ2v) is 6.28. The average molecular weight is 351 g/mol. The number of nitrogens with zero attached hydrogens (tertiary/aromatic N) is 3. The Balaban J connectivity index is 1.80. The summed E-state index contributed by atoms with van der Waals surface area (Å²) in [6, 6.07) is 16.5. The van der Waals surface area contributed by atoms with Crippen LogP contribution in [-0.4, -0.2) is 21.0 Å². The monoisotopic (exact) mass is 351 g/mol. The summed E-state index contributed by atoms with van der Waals surface area (Å²) in [5, 5.41) is 8.29. The normalized spacial score (nSPS) is 13.3. The summed E-state index contributed by atoms with van der Waals surface area (Å²) in [4.78, 5) is 25.1. The molecule has 3 aromatic rings. The van der Waals surface area contributed by atoms with E-state index in [1.165, 1.54) is 0 Å². The van der Waals surface area contributed by atoms with Crippen LogP contribution in [0.25, 0.3) is 10.9 Å². The van der Waals surface area contributed by atoms with E-state index >= 15 is 0 Å². The first kappa shape index (κ1) is 17.8. The molecule has 0 bridgehead atoms. The van der Waals surface area contributed by atoms with Crippen molar-refractivity contribution in [1.82, 2.24) is 15.0 Å². The molecule has 0 unspecified atom stereocenters. The highest BCUT2D eigenvalue weighted by atomic mass is 16.5. The number of hydrogen-bond donors (Lipinski definition) is 0. The Morgan fingerprint density at radius 3 is 2.54 bits per heavy atom. The summed E-state index contributed by atoms with van der Waals surface area (Å²) in [6.45, 7) is 3.80. The summed E-state index contributed by atoms with van der Waals surface area (Å²) >= 11 is 0. The second-order valence-electron chi connectivity index (χ2n) is 6.28. The van der Waals surface area contributed by atoms with Crippen LogP contribution in [-0.2, 0) is 16.3 Å². The second kappa shape index (κ2) is 7.91. The number of hydrogen-bond acceptors (Lipinski definition) is 5. The first-order chi connectivity index (χ1) is 12.6. The minimum atomic E-state index is -0.384. The number of aromatic nitrogens is 3. The van der Waals surface area contributed by atoms with Crippen molar-refractivity contribution >= 4 is 16.9 Å². The van der Waals surface area contributed by atoms with Crippen molar-refractivity contribution in [3.05, 3.63) is 70.5 Å². The van der Waals surface area contributed by atoms with Crippen LogP contribution in [0.5, 0.6) is 0 Å². The molecule has 2 atom stereocenters. The summed E-state index contributed by atoms with van der Waals surface area (Å²) in [5.41, 5.74) is 1.09. The molecule has 0 aliphatic rings. The van der Waals surface area contributed by atoms with Gasteiger partial charge >= 0.3 is 5.97 Å². The molecule has 0 amide bonds. The van der Waals surface area contributed by atoms with Crippen molar-refractivity contribution in [2.24, 2.45) is 5.92 Å². The number of esters is 1. The van der Waals surface area contributed by atoms with Gasteiger partial charge in [0, 0.05) is 0 Å². The molecule has 6 nitrogen and oxygen atoms in total. The molecule has 0 saturated heterocycles. The first-order valence-corrected chi connectivity index (χ1v) is 8.66. The molecule has 1 heterocycles. The van der Waals surface area contributed by atoms with Gasteiger partial charge < -0.3 is 4.74 Å². The van der Waals surface area contributed by atoms with Gasteiger partial charge in [0.15, 0.2) is 6.73 Å². The van der Waals surface area contributed by atoms with Crippen molar-refractivity contribution in [1.29, 1.82) is 0 Å². The fraction of sp³-hybridized carbons (Fsp3) is 0.300. The Hall–Kier alpha value is -3.02. The lowest BCUT2D eigenvalue weighted by Gasteiger charge is -2.21. The van der Waals surface area contributed by atoms with Crippen molar-refractivity contribution in [3.8, 4) is 0 Å². The summed E-state index contributed by atoms with van der Waals surface area (Å²) in [7, 11) is 0. The van der Waals surface area contributed by atoms with E-state index in [1.54, 1.807) is 24.3 Å². The van der Waals surface area contributed by atoms with E-state index in [1.807, 2.05) is 44.2 Å². The maximum atomic E-state index is 12.7. The molecule has 26 heavy (non-hydrogen) atoms. The minimum Gasteiger partial charge on any atom is -0.442 e. The van der Waals surface area contributed by atoms with Gasteiger partial charge in [0.05, 0.1) is 11.3 Å². The molecule has 134 valence electrons. The van der Waals surface area contributed by atoms with E-state index in [-0.39, 0.29) is 30.1 Å². The molecule has 2 aromatic carbocycles. The molecule has 0 radical (unpaired) electrons. The molecule has 0 N–H and O–H groups in total. The Labute approximate surface area is 151 Å². The lowest BCUT2D eigenvalue weighted by Crippen LogP contribution is -2.29. The maximum Gasteiger partial charge on any atom is 0.315 e. The van der Waals surface area contributed by atoms with Gasteiger partial charge in [-0.05, 0) is 23.6 Å². The molecule has 0 spiro atoms. The zero-order chi connectivity index (χ0) is 18.5. The zero-order valence-electron chi connectivity index (χ0n) is 14.8. The SMILES string of the molecule is CC[C@H](C)[C@H](C(=O)OCn1nnc2ccccc2c1=O)c1ccccc1. The summed E-state index contributed by atoms with van der Waals surface area (Å²) in [5.74, 6) is -0.637. The fourth-order valence-corrected chi connectivity index (χ4v) is 2.92. The maximum absolute atomic E-state index is 12.7. The number of rotatable bonds is 6. The van der Waals surface area contributed by atoms with Gasteiger partial charge in [-0.15, -0.1) is 5.10 Å². The molecule has 1 aromatic heterocycles. The van der Waals surface area contributed by atoms with E-state index < -0.39 is 0 Å². The lowest BCUT2D eigenvalue weighted by molar-refractivity contribution is -0.151. The van der Waals surface area contributed by atoms with Gasteiger partial charge in [-0.2, -0.15) is 4.68 Å². The average Bonchev–Trinajstić information content (AvgIpc) is 2.68. The largest absolute Gasteiger partial charge is 0.442 e. The Morgan fingerprint density at radius 1 is 1.12 bits per heavy atom. The smallest absolute Gasteiger partial charge is 0.315 e. The number of benzene rings is 2. The van der Waals surface area contributed by atoms with Gasteiger partial charge in [0.2, 0.25) is 0 Å². The third-order valence-corrected chi connectivity index (χ3v) is 4.58. The van der Waals surface area contributed by atoms with Crippen LogP contribution in [0.2, 0.25) is 0 Å². The molecule has 0 aliphatic carbocycles. The van der Waals surface area contributed by atoms with Crippen molar-refractivity contribution < 1.29 is 9.53 Å². The molecule has 3 rings (SSSR count). The molecule has 0 saturated carbocycles. The van der Waals surface area contributed by atoms with Crippen LogP contribution in [0.1, 0.15) is 31.7 Å². The molecule has 0 fully saturated rings. The van der Waals surface area contributed by atoms with Crippen molar-refractivity contribution in [2.75, 3.05) is 0 Å². The van der Waals surface area contributed by atoms with E-state index in [2.05, 4.69) is 10.3 Å². The molecular weight excluding hydrogens is 330 g/mol. The fourth-order valence-electron chi connectivity index (χ4n) is 2.92. The van der Waals surface area contributed by atoms with Gasteiger partial charge in [0.1, 0.15) is 5.52 Å². The van der Waals surface area contributed by atoms with E-state index in [0.717, 1.165) is 16.7 Å². The molecule has 6 heteroatoms. The van der Waals surface area contributed by atoms with Gasteiger partial charge in [-0.1, -0.05) is 67.9 Å². The van der Waals surface area contributed by atoms with E-state index in [9.17, 15) is 9.59 Å². The van der Waals surface area contributed by atoms with Crippen LogP contribution in [0.3, 0.4) is 0 Å². The van der Waals surface area contributed by atoms with Crippen LogP contribution in [0.15, 0.2) is 59.4 Å². The molecular formula is C20H21N3O3. The lowest BCUT2D eigenvalue weighted by atomic mass is 9.86. The number of carbonyl (C=O) groups is 1. The third kappa shape index (κ3) is 3.64. The standard InChI is InChI=1S/C20H21N3O3/c1-3-14(2)18(15-9-5-4-6-10-15)20(25)26-13-23-19(24)16-11-7-8-12-17(16)21-22-23/h4-12,14,18H,3,13H2,1-2H3/t14-,18-/m0/s1. The highest BCUT2D eigenvalue weighted by molar-refractivity contribution is 5.78. The van der Waals surface area contributed by atoms with Gasteiger partial charge in [-0.3, -0.25) is 9.59 Å². The topological polar surface area (TPSA) is 74.1 Å². The predicted molar refractivity (Wildman–Crippen MR) is 98.5 cm³/mol. The van der Waals surface area contributed by atoms with Crippen LogP contribution in [0.4, 0.5) is 0 Å². The Kier molecular flexibility index (Phi) is 5.41. The van der Waals surface area contributed by atoms with Crippen molar-refractivity contribution in [2.45, 2.75) is 32.9 Å². The predicted octanol–water partition coefficient (Wildman–Crippen LogP) is 3.12. The van der Waals surface area contributed by atoms with Crippen LogP contribution < -0.4 is 5.56 Å². The van der Waals surface area contributed by atoms with Gasteiger partial charge in [-0.25, -0.2) is 0 Å². The summed E-state index contributed by atoms with van der Waals surface area (Å²) < 4.78 is 6.49. The highest BCUT2D eigenvalue weighted by Gasteiger charge is 2.27.